The summed E-state index contributed by atoms with van der Waals surface area (Å²) in [6.45, 7) is 17.2. The van der Waals surface area contributed by atoms with Crippen molar-refractivity contribution < 1.29 is 5.11 Å². The number of hydrogen-bond acceptors (Lipinski definition) is 4. The molecule has 1 aromatic heterocycles. The number of halogens is 1. The summed E-state index contributed by atoms with van der Waals surface area (Å²) in [5, 5.41) is 17.5. The molecule has 2 aromatic rings. The van der Waals surface area contributed by atoms with E-state index in [1.807, 2.05) is 7.05 Å². The number of aromatic hydroxyl groups is 1. The van der Waals surface area contributed by atoms with E-state index >= 15 is 0 Å². The Morgan fingerprint density at radius 2 is 1.48 bits per heavy atom. The van der Waals surface area contributed by atoms with Gasteiger partial charge in [0.15, 0.2) is 0 Å². The first kappa shape index (κ1) is 23.9. The van der Waals surface area contributed by atoms with Gasteiger partial charge in [-0.1, -0.05) is 55.4 Å². The maximum absolute atomic E-state index is 10.9. The number of thiazole rings is 1. The van der Waals surface area contributed by atoms with Crippen molar-refractivity contribution in [2.45, 2.75) is 72.3 Å². The van der Waals surface area contributed by atoms with Crippen LogP contribution in [0.3, 0.4) is 0 Å². The van der Waals surface area contributed by atoms with Gasteiger partial charge in [-0.25, -0.2) is 4.98 Å². The molecule has 0 aliphatic heterocycles. The minimum Gasteiger partial charge on any atom is -0.507 e. The van der Waals surface area contributed by atoms with Crippen LogP contribution in [0.1, 0.15) is 77.6 Å². The van der Waals surface area contributed by atoms with Crippen LogP contribution < -0.4 is 5.32 Å². The molecule has 0 amide bonds. The fraction of sp³-hybridized carbons (Fsp3) is 0.591. The molecule has 0 saturated heterocycles. The Kier molecular flexibility index (Phi) is 7.54. The average Bonchev–Trinajstić information content (AvgIpc) is 2.94. The van der Waals surface area contributed by atoms with Crippen molar-refractivity contribution in [3.05, 3.63) is 33.6 Å². The largest absolute Gasteiger partial charge is 0.507 e. The minimum atomic E-state index is -0.135. The number of nitrogens with zero attached hydrogens (tertiary/aromatic N) is 1. The van der Waals surface area contributed by atoms with Crippen molar-refractivity contribution in [3.63, 3.8) is 0 Å². The topological polar surface area (TPSA) is 45.2 Å². The summed E-state index contributed by atoms with van der Waals surface area (Å²) >= 11 is 1.70. The lowest BCUT2D eigenvalue weighted by atomic mass is 9.78. The molecule has 0 aliphatic rings. The zero-order chi connectivity index (χ0) is 19.9. The molecule has 5 heteroatoms. The highest BCUT2D eigenvalue weighted by molar-refractivity contribution is 7.10. The predicted molar refractivity (Wildman–Crippen MR) is 121 cm³/mol. The average molecular weight is 411 g/mol. The van der Waals surface area contributed by atoms with Crippen molar-refractivity contribution in [3.8, 4) is 17.0 Å². The van der Waals surface area contributed by atoms with Crippen LogP contribution in [0, 0.1) is 5.92 Å². The third kappa shape index (κ3) is 5.24. The first-order valence-corrected chi connectivity index (χ1v) is 10.2. The summed E-state index contributed by atoms with van der Waals surface area (Å²) in [5.74, 6) is 0.897. The molecule has 1 heterocycles. The number of phenols is 1. The molecule has 0 spiro atoms. The van der Waals surface area contributed by atoms with Gasteiger partial charge in [-0.3, -0.25) is 0 Å². The zero-order valence-electron chi connectivity index (χ0n) is 18.1. The third-order valence-electron chi connectivity index (χ3n) is 4.79. The lowest BCUT2D eigenvalue weighted by molar-refractivity contribution is 0.423. The van der Waals surface area contributed by atoms with Gasteiger partial charge in [0.05, 0.1) is 11.7 Å². The molecule has 1 aromatic carbocycles. The molecule has 0 radical (unpaired) electrons. The summed E-state index contributed by atoms with van der Waals surface area (Å²) in [4.78, 5) is 4.92. The fourth-order valence-corrected chi connectivity index (χ4v) is 4.34. The highest BCUT2D eigenvalue weighted by Gasteiger charge is 2.27. The van der Waals surface area contributed by atoms with E-state index in [1.165, 1.54) is 0 Å². The summed E-state index contributed by atoms with van der Waals surface area (Å²) < 4.78 is 0. The van der Waals surface area contributed by atoms with E-state index in [0.717, 1.165) is 27.4 Å². The van der Waals surface area contributed by atoms with Crippen molar-refractivity contribution >= 4 is 23.7 Å². The van der Waals surface area contributed by atoms with Gasteiger partial charge in [0.1, 0.15) is 10.8 Å². The van der Waals surface area contributed by atoms with E-state index in [1.54, 1.807) is 11.3 Å². The SMILES string of the molecule is CNC(c1nc(-c2cc(C(C)(C)C)c(O)c(C(C)(C)C)c2)cs1)C(C)C.Cl. The number of rotatable bonds is 4. The number of aromatic nitrogens is 1. The van der Waals surface area contributed by atoms with Crippen LogP contribution in [0.25, 0.3) is 11.3 Å². The first-order valence-electron chi connectivity index (χ1n) is 9.37. The lowest BCUT2D eigenvalue weighted by Crippen LogP contribution is -2.21. The number of hydrogen-bond donors (Lipinski definition) is 2. The molecule has 27 heavy (non-hydrogen) atoms. The molecule has 1 atom stereocenters. The fourth-order valence-electron chi connectivity index (χ4n) is 3.23. The van der Waals surface area contributed by atoms with Gasteiger partial charge >= 0.3 is 0 Å². The van der Waals surface area contributed by atoms with Crippen LogP contribution in [0.15, 0.2) is 17.5 Å². The Morgan fingerprint density at radius 1 is 1.00 bits per heavy atom. The standard InChI is InChI=1S/C22H34N2OS.ClH/c1-13(2)18(23-9)20-24-17(12-26-20)14-10-15(21(3,4)5)19(25)16(11-14)22(6,7)8;/h10-13,18,23,25H,1-9H3;1H. The van der Waals surface area contributed by atoms with Crippen molar-refractivity contribution in [1.29, 1.82) is 0 Å². The smallest absolute Gasteiger partial charge is 0.123 e. The van der Waals surface area contributed by atoms with Crippen LogP contribution in [0.4, 0.5) is 0 Å². The molecule has 1 unspecified atom stereocenters. The Balaban J connectivity index is 0.00000364. The van der Waals surface area contributed by atoms with Gasteiger partial charge in [0, 0.05) is 22.1 Å². The van der Waals surface area contributed by atoms with Gasteiger partial charge < -0.3 is 10.4 Å². The van der Waals surface area contributed by atoms with Crippen molar-refractivity contribution in [1.82, 2.24) is 10.3 Å². The van der Waals surface area contributed by atoms with Crippen LogP contribution in [0.2, 0.25) is 0 Å². The van der Waals surface area contributed by atoms with Gasteiger partial charge in [-0.05, 0) is 35.9 Å². The molecule has 2 rings (SSSR count). The molecule has 0 saturated carbocycles. The maximum Gasteiger partial charge on any atom is 0.123 e. The van der Waals surface area contributed by atoms with E-state index in [0.29, 0.717) is 11.7 Å². The lowest BCUT2D eigenvalue weighted by Gasteiger charge is -2.28. The number of benzene rings is 1. The molecular weight excluding hydrogens is 376 g/mol. The Morgan fingerprint density at radius 3 is 1.85 bits per heavy atom. The van der Waals surface area contributed by atoms with E-state index < -0.39 is 0 Å². The minimum absolute atomic E-state index is 0. The normalized spacial score (nSPS) is 13.6. The highest BCUT2D eigenvalue weighted by atomic mass is 35.5. The maximum atomic E-state index is 10.9. The van der Waals surface area contributed by atoms with E-state index in [2.05, 4.69) is 78.2 Å². The zero-order valence-corrected chi connectivity index (χ0v) is 19.7. The molecular formula is C22H35ClN2OS. The molecule has 3 nitrogen and oxygen atoms in total. The van der Waals surface area contributed by atoms with E-state index in [9.17, 15) is 5.11 Å². The summed E-state index contributed by atoms with van der Waals surface area (Å²) in [7, 11) is 1.99. The highest BCUT2D eigenvalue weighted by Crippen LogP contribution is 2.42. The molecule has 152 valence electrons. The monoisotopic (exact) mass is 410 g/mol. The van der Waals surface area contributed by atoms with Crippen LogP contribution in [-0.4, -0.2) is 17.1 Å². The molecule has 0 bridgehead atoms. The number of nitrogens with one attached hydrogen (secondary N) is 1. The van der Waals surface area contributed by atoms with Gasteiger partial charge in [-0.15, -0.1) is 23.7 Å². The Bertz CT molecular complexity index is 734. The molecule has 0 fully saturated rings. The van der Waals surface area contributed by atoms with Crippen LogP contribution in [0.5, 0.6) is 5.75 Å². The quantitative estimate of drug-likeness (QED) is 0.608. The van der Waals surface area contributed by atoms with Crippen LogP contribution in [-0.2, 0) is 10.8 Å². The first-order chi connectivity index (χ1) is 11.9. The second-order valence-electron chi connectivity index (χ2n) is 9.50. The summed E-state index contributed by atoms with van der Waals surface area (Å²) in [6.07, 6.45) is 0. The predicted octanol–water partition coefficient (Wildman–Crippen LogP) is 6.45. The molecule has 0 aliphatic carbocycles. The number of phenolic OH excluding ortho intramolecular Hbond substituents is 1. The van der Waals surface area contributed by atoms with Gasteiger partial charge in [0.2, 0.25) is 0 Å². The van der Waals surface area contributed by atoms with Gasteiger partial charge in [-0.2, -0.15) is 0 Å². The second kappa shape index (κ2) is 8.50. The summed E-state index contributed by atoms with van der Waals surface area (Å²) in [5.41, 5.74) is 3.75. The van der Waals surface area contributed by atoms with E-state index in [-0.39, 0.29) is 29.3 Å². The van der Waals surface area contributed by atoms with Gasteiger partial charge in [0.25, 0.3) is 0 Å². The second-order valence-corrected chi connectivity index (χ2v) is 10.4. The molecule has 2 N–H and O–H groups in total. The Labute approximate surface area is 175 Å². The third-order valence-corrected chi connectivity index (χ3v) is 5.72. The van der Waals surface area contributed by atoms with E-state index in [4.69, 9.17) is 4.98 Å². The van der Waals surface area contributed by atoms with Crippen LogP contribution >= 0.6 is 23.7 Å². The van der Waals surface area contributed by atoms with Crippen molar-refractivity contribution in [2.75, 3.05) is 7.05 Å². The Hall–Kier alpha value is -1.10. The van der Waals surface area contributed by atoms with Crippen molar-refractivity contribution in [2.24, 2.45) is 5.92 Å². The summed E-state index contributed by atoms with van der Waals surface area (Å²) in [6, 6.07) is 4.47.